The van der Waals surface area contributed by atoms with Crippen LogP contribution in [0.15, 0.2) is 60.7 Å². The van der Waals surface area contributed by atoms with E-state index in [1.807, 2.05) is 43.3 Å². The van der Waals surface area contributed by atoms with Gasteiger partial charge in [0, 0.05) is 29.6 Å². The molecule has 0 aromatic heterocycles. The number of hydrogen-bond donors (Lipinski definition) is 1. The first-order chi connectivity index (χ1) is 15.6. The van der Waals surface area contributed by atoms with Crippen molar-refractivity contribution >= 4 is 39.9 Å². The van der Waals surface area contributed by atoms with Gasteiger partial charge in [0.2, 0.25) is 5.91 Å². The highest BCUT2D eigenvalue weighted by Gasteiger charge is 2.29. The summed E-state index contributed by atoms with van der Waals surface area (Å²) in [6.45, 7) is 2.92. The highest BCUT2D eigenvalue weighted by molar-refractivity contribution is 6.25. The molecule has 1 heterocycles. The molecule has 0 saturated carbocycles. The lowest BCUT2D eigenvalue weighted by molar-refractivity contribution is -0.116. The first-order valence-corrected chi connectivity index (χ1v) is 11.0. The Morgan fingerprint density at radius 2 is 1.72 bits per heavy atom. The lowest BCUT2D eigenvalue weighted by Crippen LogP contribution is -2.28. The van der Waals surface area contributed by atoms with Crippen LogP contribution < -0.4 is 10.2 Å². The first-order valence-electron chi connectivity index (χ1n) is 11.0. The minimum absolute atomic E-state index is 0.0152. The van der Waals surface area contributed by atoms with Crippen LogP contribution in [0, 0.1) is 0 Å². The summed E-state index contributed by atoms with van der Waals surface area (Å²) in [7, 11) is 0. The number of benzene rings is 3. The Kier molecular flexibility index (Phi) is 6.50. The summed E-state index contributed by atoms with van der Waals surface area (Å²) in [6.07, 6.45) is 2.64. The van der Waals surface area contributed by atoms with E-state index >= 15 is 0 Å². The molecule has 6 nitrogen and oxygen atoms in total. The van der Waals surface area contributed by atoms with E-state index in [0.29, 0.717) is 30.8 Å². The van der Waals surface area contributed by atoms with E-state index in [0.717, 1.165) is 34.9 Å². The number of unbranched alkanes of at least 4 members (excludes halogenated alkanes) is 1. The molecule has 0 saturated heterocycles. The molecule has 0 spiro atoms. The maximum Gasteiger partial charge on any atom is 0.338 e. The number of amides is 2. The smallest absolute Gasteiger partial charge is 0.338 e. The molecule has 6 heteroatoms. The Morgan fingerprint density at radius 3 is 2.47 bits per heavy atom. The van der Waals surface area contributed by atoms with Crippen molar-refractivity contribution in [3.8, 4) is 0 Å². The predicted octanol–water partition coefficient (Wildman–Crippen LogP) is 5.18. The maximum absolute atomic E-state index is 12.8. The van der Waals surface area contributed by atoms with Crippen LogP contribution in [0.5, 0.6) is 0 Å². The second-order valence-corrected chi connectivity index (χ2v) is 7.86. The fourth-order valence-electron chi connectivity index (χ4n) is 3.90. The largest absolute Gasteiger partial charge is 0.462 e. The zero-order valence-electron chi connectivity index (χ0n) is 18.1. The third-order valence-electron chi connectivity index (χ3n) is 5.57. The highest BCUT2D eigenvalue weighted by Crippen LogP contribution is 2.37. The van der Waals surface area contributed by atoms with E-state index < -0.39 is 0 Å². The molecule has 4 rings (SSSR count). The quantitative estimate of drug-likeness (QED) is 0.375. The summed E-state index contributed by atoms with van der Waals surface area (Å²) in [6, 6.07) is 18.3. The molecular formula is C26H26N2O4. The van der Waals surface area contributed by atoms with Gasteiger partial charge in [0.1, 0.15) is 0 Å². The van der Waals surface area contributed by atoms with Crippen molar-refractivity contribution in [2.45, 2.75) is 32.6 Å². The van der Waals surface area contributed by atoms with Crippen LogP contribution in [0.4, 0.5) is 11.4 Å². The van der Waals surface area contributed by atoms with Gasteiger partial charge in [-0.05, 0) is 54.6 Å². The SMILES string of the molecule is CCCCOC(=O)c1ccc(NC(=O)CCCN2C(=O)c3cccc4cccc2c34)cc1. The van der Waals surface area contributed by atoms with Crippen molar-refractivity contribution < 1.29 is 19.1 Å². The van der Waals surface area contributed by atoms with Gasteiger partial charge in [-0.15, -0.1) is 0 Å². The van der Waals surface area contributed by atoms with Crippen molar-refractivity contribution in [2.75, 3.05) is 23.4 Å². The average Bonchev–Trinajstić information content (AvgIpc) is 3.08. The van der Waals surface area contributed by atoms with Gasteiger partial charge in [-0.1, -0.05) is 37.6 Å². The molecule has 3 aromatic carbocycles. The summed E-state index contributed by atoms with van der Waals surface area (Å²) in [5.74, 6) is -0.508. The standard InChI is InChI=1S/C26H26N2O4/c1-2-3-17-32-26(31)19-12-14-20(15-13-19)27-23(29)11-6-16-28-22-10-5-8-18-7-4-9-21(24(18)22)25(28)30/h4-5,7-10,12-15H,2-3,6,11,16-17H2,1H3,(H,27,29). The molecule has 3 aromatic rings. The Bertz CT molecular complexity index is 1150. The minimum Gasteiger partial charge on any atom is -0.462 e. The van der Waals surface area contributed by atoms with Crippen LogP contribution in [-0.2, 0) is 9.53 Å². The van der Waals surface area contributed by atoms with Gasteiger partial charge in [0.25, 0.3) is 5.91 Å². The molecule has 32 heavy (non-hydrogen) atoms. The van der Waals surface area contributed by atoms with Crippen LogP contribution in [0.3, 0.4) is 0 Å². The Labute approximate surface area is 187 Å². The molecule has 0 unspecified atom stereocenters. The van der Waals surface area contributed by atoms with E-state index in [4.69, 9.17) is 4.74 Å². The fourth-order valence-corrected chi connectivity index (χ4v) is 3.90. The van der Waals surface area contributed by atoms with Gasteiger partial charge >= 0.3 is 5.97 Å². The third-order valence-corrected chi connectivity index (χ3v) is 5.57. The van der Waals surface area contributed by atoms with Gasteiger partial charge < -0.3 is 15.0 Å². The number of nitrogens with one attached hydrogen (secondary N) is 1. The van der Waals surface area contributed by atoms with E-state index in [9.17, 15) is 14.4 Å². The normalized spacial score (nSPS) is 12.3. The molecule has 0 aliphatic carbocycles. The average molecular weight is 431 g/mol. The summed E-state index contributed by atoms with van der Waals surface area (Å²) >= 11 is 0. The number of nitrogens with zero attached hydrogens (tertiary/aromatic N) is 1. The van der Waals surface area contributed by atoms with Crippen molar-refractivity contribution in [3.63, 3.8) is 0 Å². The molecule has 164 valence electrons. The van der Waals surface area contributed by atoms with Crippen molar-refractivity contribution in [2.24, 2.45) is 0 Å². The molecule has 1 aliphatic rings. The molecular weight excluding hydrogens is 404 g/mol. The Hall–Kier alpha value is -3.67. The third kappa shape index (κ3) is 4.49. The van der Waals surface area contributed by atoms with Crippen LogP contribution in [-0.4, -0.2) is 30.9 Å². The van der Waals surface area contributed by atoms with E-state index in [-0.39, 0.29) is 24.2 Å². The number of hydrogen-bond acceptors (Lipinski definition) is 4. The summed E-state index contributed by atoms with van der Waals surface area (Å²) in [5, 5.41) is 4.87. The number of carbonyl (C=O) groups excluding carboxylic acids is 3. The van der Waals surface area contributed by atoms with E-state index in [1.54, 1.807) is 29.2 Å². The molecule has 0 radical (unpaired) electrons. The molecule has 2 amide bonds. The number of anilines is 2. The lowest BCUT2D eigenvalue weighted by Gasteiger charge is -2.17. The van der Waals surface area contributed by atoms with Crippen molar-refractivity contribution in [1.82, 2.24) is 0 Å². The lowest BCUT2D eigenvalue weighted by atomic mass is 10.1. The zero-order chi connectivity index (χ0) is 22.5. The molecule has 0 atom stereocenters. The van der Waals surface area contributed by atoms with Crippen LogP contribution in [0.1, 0.15) is 53.3 Å². The van der Waals surface area contributed by atoms with E-state index in [2.05, 4.69) is 5.32 Å². The maximum atomic E-state index is 12.8. The monoisotopic (exact) mass is 430 g/mol. The zero-order valence-corrected chi connectivity index (χ0v) is 18.1. The Morgan fingerprint density at radius 1 is 0.969 bits per heavy atom. The van der Waals surface area contributed by atoms with Gasteiger partial charge in [-0.2, -0.15) is 0 Å². The predicted molar refractivity (Wildman–Crippen MR) is 125 cm³/mol. The topological polar surface area (TPSA) is 75.7 Å². The second-order valence-electron chi connectivity index (χ2n) is 7.86. The van der Waals surface area contributed by atoms with Crippen LogP contribution in [0.25, 0.3) is 10.8 Å². The van der Waals surface area contributed by atoms with Crippen LogP contribution >= 0.6 is 0 Å². The minimum atomic E-state index is -0.359. The number of rotatable bonds is 9. The molecule has 0 bridgehead atoms. The number of ether oxygens (including phenoxy) is 1. The number of carbonyl (C=O) groups is 3. The summed E-state index contributed by atoms with van der Waals surface area (Å²) in [5.41, 5.74) is 2.70. The molecule has 1 aliphatic heterocycles. The Balaban J connectivity index is 1.29. The molecule has 0 fully saturated rings. The first kappa shape index (κ1) is 21.6. The van der Waals surface area contributed by atoms with Gasteiger partial charge in [-0.25, -0.2) is 4.79 Å². The van der Waals surface area contributed by atoms with E-state index in [1.165, 1.54) is 0 Å². The highest BCUT2D eigenvalue weighted by atomic mass is 16.5. The van der Waals surface area contributed by atoms with Crippen LogP contribution in [0.2, 0.25) is 0 Å². The number of esters is 1. The van der Waals surface area contributed by atoms with Gasteiger partial charge in [0.05, 0.1) is 17.9 Å². The van der Waals surface area contributed by atoms with Gasteiger partial charge in [-0.3, -0.25) is 9.59 Å². The van der Waals surface area contributed by atoms with Crippen molar-refractivity contribution in [1.29, 1.82) is 0 Å². The molecule has 1 N–H and O–H groups in total. The van der Waals surface area contributed by atoms with Gasteiger partial charge in [0.15, 0.2) is 0 Å². The van der Waals surface area contributed by atoms with Crippen molar-refractivity contribution in [3.05, 3.63) is 71.8 Å². The summed E-state index contributed by atoms with van der Waals surface area (Å²) in [4.78, 5) is 38.9. The second kappa shape index (κ2) is 9.64. The summed E-state index contributed by atoms with van der Waals surface area (Å²) < 4.78 is 5.19. The fraction of sp³-hybridized carbons (Fsp3) is 0.269.